The summed E-state index contributed by atoms with van der Waals surface area (Å²) in [6.07, 6.45) is 0. The average molecular weight is 637 g/mol. The number of aromatic nitrogens is 2. The Morgan fingerprint density at radius 3 is 1.20 bits per heavy atom. The van der Waals surface area contributed by atoms with Gasteiger partial charge in [0.25, 0.3) is 0 Å². The third kappa shape index (κ3) is 4.36. The first-order valence-electron chi connectivity index (χ1n) is 17.2. The number of hydrogen-bond acceptors (Lipinski definition) is 0. The number of para-hydroxylation sites is 5. The highest BCUT2D eigenvalue weighted by Gasteiger charge is 2.22. The summed E-state index contributed by atoms with van der Waals surface area (Å²) < 4.78 is 4.91. The Hall–Kier alpha value is -6.64. The third-order valence-corrected chi connectivity index (χ3v) is 10.1. The van der Waals surface area contributed by atoms with Crippen molar-refractivity contribution >= 4 is 43.6 Å². The van der Waals surface area contributed by atoms with E-state index in [1.54, 1.807) is 0 Å². The van der Waals surface area contributed by atoms with Crippen molar-refractivity contribution in [3.8, 4) is 44.8 Å². The first kappa shape index (κ1) is 28.4. The molecule has 0 atom stereocenters. The van der Waals surface area contributed by atoms with Crippen LogP contribution in [0.2, 0.25) is 0 Å². The molecule has 0 spiro atoms. The van der Waals surface area contributed by atoms with Gasteiger partial charge in [0.15, 0.2) is 0 Å². The van der Waals surface area contributed by atoms with Gasteiger partial charge in [-0.05, 0) is 58.7 Å². The third-order valence-electron chi connectivity index (χ3n) is 10.1. The first-order valence-corrected chi connectivity index (χ1v) is 17.2. The van der Waals surface area contributed by atoms with Crippen LogP contribution in [-0.2, 0) is 0 Å². The molecule has 10 rings (SSSR count). The molecule has 234 valence electrons. The minimum Gasteiger partial charge on any atom is -0.309 e. The van der Waals surface area contributed by atoms with E-state index in [0.29, 0.717) is 0 Å². The lowest BCUT2D eigenvalue weighted by molar-refractivity contribution is 1.17. The molecule has 0 aliphatic carbocycles. The van der Waals surface area contributed by atoms with E-state index in [1.165, 1.54) is 82.7 Å². The molecule has 2 nitrogen and oxygen atoms in total. The van der Waals surface area contributed by atoms with Gasteiger partial charge in [0.05, 0.1) is 27.8 Å². The second-order valence-electron chi connectivity index (χ2n) is 12.9. The molecule has 0 aliphatic heterocycles. The predicted molar refractivity (Wildman–Crippen MR) is 211 cm³/mol. The molecule has 8 aromatic carbocycles. The van der Waals surface area contributed by atoms with Crippen LogP contribution in [0.25, 0.3) is 88.4 Å². The summed E-state index contributed by atoms with van der Waals surface area (Å²) in [7, 11) is 0. The molecule has 0 aliphatic rings. The van der Waals surface area contributed by atoms with E-state index in [1.807, 2.05) is 0 Å². The van der Waals surface area contributed by atoms with Crippen molar-refractivity contribution in [3.05, 3.63) is 194 Å². The van der Waals surface area contributed by atoms with Crippen LogP contribution in [0.5, 0.6) is 0 Å². The Balaban J connectivity index is 1.35. The second kappa shape index (κ2) is 11.5. The number of benzene rings is 8. The molecule has 2 heterocycles. The number of nitrogens with zero attached hydrogens (tertiary/aromatic N) is 2. The molecular formula is C48H32N2. The van der Waals surface area contributed by atoms with Crippen molar-refractivity contribution in [2.24, 2.45) is 0 Å². The summed E-state index contributed by atoms with van der Waals surface area (Å²) in [4.78, 5) is 0. The Morgan fingerprint density at radius 2 is 0.680 bits per heavy atom. The largest absolute Gasteiger partial charge is 0.309 e. The average Bonchev–Trinajstić information content (AvgIpc) is 3.71. The summed E-state index contributed by atoms with van der Waals surface area (Å²) in [6, 6.07) is 70.5. The van der Waals surface area contributed by atoms with E-state index in [-0.39, 0.29) is 0 Å². The molecule has 0 N–H and O–H groups in total. The minimum atomic E-state index is 1.13. The predicted octanol–water partition coefficient (Wildman–Crippen LogP) is 12.9. The Bertz CT molecular complexity index is 2750. The standard InChI is InChI=1S/C48H32N2/c1-3-16-33(17-4-1)36-31-30-35(49-44-26-11-7-20-38(44)39-21-8-12-27-45(39)49)32-43(36)42-25-15-24-37(34-18-5-2-6-19-34)48(42)50-46-28-13-9-22-40(46)41-23-10-14-29-47(41)50/h1-32H. The Morgan fingerprint density at radius 1 is 0.260 bits per heavy atom. The van der Waals surface area contributed by atoms with Gasteiger partial charge in [-0.1, -0.05) is 158 Å². The Kier molecular flexibility index (Phi) is 6.53. The molecule has 50 heavy (non-hydrogen) atoms. The van der Waals surface area contributed by atoms with Gasteiger partial charge in [-0.25, -0.2) is 0 Å². The van der Waals surface area contributed by atoms with Gasteiger partial charge in [-0.3, -0.25) is 0 Å². The smallest absolute Gasteiger partial charge is 0.0619 e. The molecule has 2 heteroatoms. The van der Waals surface area contributed by atoms with E-state index >= 15 is 0 Å². The molecule has 0 amide bonds. The van der Waals surface area contributed by atoms with Gasteiger partial charge < -0.3 is 9.13 Å². The van der Waals surface area contributed by atoms with Crippen molar-refractivity contribution < 1.29 is 0 Å². The fourth-order valence-electron chi connectivity index (χ4n) is 7.98. The molecule has 0 radical (unpaired) electrons. The summed E-state index contributed by atoms with van der Waals surface area (Å²) in [6.45, 7) is 0. The van der Waals surface area contributed by atoms with E-state index in [0.717, 1.165) is 5.69 Å². The zero-order chi connectivity index (χ0) is 33.0. The monoisotopic (exact) mass is 636 g/mol. The lowest BCUT2D eigenvalue weighted by Gasteiger charge is -2.22. The minimum absolute atomic E-state index is 1.13. The number of hydrogen-bond donors (Lipinski definition) is 0. The van der Waals surface area contributed by atoms with Crippen molar-refractivity contribution in [1.29, 1.82) is 0 Å². The topological polar surface area (TPSA) is 9.86 Å². The molecule has 0 saturated heterocycles. The highest BCUT2D eigenvalue weighted by atomic mass is 15.0. The molecule has 0 saturated carbocycles. The molecule has 2 aromatic heterocycles. The van der Waals surface area contributed by atoms with Gasteiger partial charge >= 0.3 is 0 Å². The van der Waals surface area contributed by atoms with Crippen LogP contribution in [0.1, 0.15) is 0 Å². The van der Waals surface area contributed by atoms with E-state index < -0.39 is 0 Å². The van der Waals surface area contributed by atoms with Crippen LogP contribution in [-0.4, -0.2) is 9.13 Å². The normalized spacial score (nSPS) is 11.6. The highest BCUT2D eigenvalue weighted by Crippen LogP contribution is 2.45. The van der Waals surface area contributed by atoms with Crippen molar-refractivity contribution in [2.45, 2.75) is 0 Å². The number of fused-ring (bicyclic) bond motifs is 6. The summed E-state index contributed by atoms with van der Waals surface area (Å²) in [5.74, 6) is 0. The molecule has 0 bridgehead atoms. The fourth-order valence-corrected chi connectivity index (χ4v) is 7.98. The second-order valence-corrected chi connectivity index (χ2v) is 12.9. The van der Waals surface area contributed by atoms with Gasteiger partial charge in [-0.15, -0.1) is 0 Å². The Labute approximate surface area is 290 Å². The lowest BCUT2D eigenvalue weighted by atomic mass is 9.90. The fraction of sp³-hybridized carbons (Fsp3) is 0. The van der Waals surface area contributed by atoms with Crippen LogP contribution in [0.4, 0.5) is 0 Å². The van der Waals surface area contributed by atoms with E-state index in [4.69, 9.17) is 0 Å². The SMILES string of the molecule is c1ccc(-c2ccc(-n3c4ccccc4c4ccccc43)cc2-c2cccc(-c3ccccc3)c2-n2c3ccccc3c3ccccc32)cc1. The molecule has 0 unspecified atom stereocenters. The summed E-state index contributed by atoms with van der Waals surface area (Å²) in [5.41, 5.74) is 14.2. The molecule has 0 fully saturated rings. The number of rotatable bonds is 5. The van der Waals surface area contributed by atoms with Gasteiger partial charge in [-0.2, -0.15) is 0 Å². The highest BCUT2D eigenvalue weighted by molar-refractivity contribution is 6.11. The first-order chi connectivity index (χ1) is 24.8. The van der Waals surface area contributed by atoms with Crippen LogP contribution in [0.3, 0.4) is 0 Å². The van der Waals surface area contributed by atoms with Crippen LogP contribution in [0.15, 0.2) is 194 Å². The van der Waals surface area contributed by atoms with E-state index in [9.17, 15) is 0 Å². The maximum absolute atomic E-state index is 2.49. The van der Waals surface area contributed by atoms with Gasteiger partial charge in [0.2, 0.25) is 0 Å². The van der Waals surface area contributed by atoms with Gasteiger partial charge in [0.1, 0.15) is 0 Å². The summed E-state index contributed by atoms with van der Waals surface area (Å²) >= 11 is 0. The maximum atomic E-state index is 2.49. The van der Waals surface area contributed by atoms with E-state index in [2.05, 4.69) is 203 Å². The summed E-state index contributed by atoms with van der Waals surface area (Å²) in [5, 5.41) is 5.01. The van der Waals surface area contributed by atoms with Crippen molar-refractivity contribution in [3.63, 3.8) is 0 Å². The molecule has 10 aromatic rings. The van der Waals surface area contributed by atoms with Crippen LogP contribution in [0, 0.1) is 0 Å². The maximum Gasteiger partial charge on any atom is 0.0619 e. The van der Waals surface area contributed by atoms with Crippen LogP contribution < -0.4 is 0 Å². The lowest BCUT2D eigenvalue weighted by Crippen LogP contribution is -2.02. The van der Waals surface area contributed by atoms with Crippen molar-refractivity contribution in [1.82, 2.24) is 9.13 Å². The van der Waals surface area contributed by atoms with Gasteiger partial charge in [0, 0.05) is 38.4 Å². The van der Waals surface area contributed by atoms with Crippen LogP contribution >= 0.6 is 0 Å². The molecular weight excluding hydrogens is 605 g/mol. The zero-order valence-electron chi connectivity index (χ0n) is 27.4. The zero-order valence-corrected chi connectivity index (χ0v) is 27.4. The quantitative estimate of drug-likeness (QED) is 0.178. The van der Waals surface area contributed by atoms with Crippen molar-refractivity contribution in [2.75, 3.05) is 0 Å².